The molecule has 2 fully saturated rings. The van der Waals surface area contributed by atoms with Crippen LogP contribution in [0.2, 0.25) is 0 Å². The maximum atomic E-state index is 12.7. The number of carbonyl (C=O) groups is 2. The lowest BCUT2D eigenvalue weighted by Crippen LogP contribution is -2.59. The fourth-order valence-corrected chi connectivity index (χ4v) is 5.75. The van der Waals surface area contributed by atoms with Crippen molar-refractivity contribution in [2.24, 2.45) is 0 Å². The molecule has 0 bridgehead atoms. The number of hydrogen-bond donors (Lipinski definition) is 1. The lowest BCUT2D eigenvalue weighted by atomic mass is 9.95. The summed E-state index contributed by atoms with van der Waals surface area (Å²) in [6.45, 7) is 5.01. The lowest BCUT2D eigenvalue weighted by Gasteiger charge is -2.43. The minimum Gasteiger partial charge on any atom is -0.490 e. The maximum Gasteiger partial charge on any atom is 0.227 e. The number of thioether (sulfide) groups is 1. The molecule has 4 rings (SSSR count). The number of nitrogens with one attached hydrogen (secondary N) is 1. The molecule has 2 amide bonds. The molecule has 158 valence electrons. The number of para-hydroxylation sites is 2. The van der Waals surface area contributed by atoms with E-state index in [-0.39, 0.29) is 30.2 Å². The zero-order valence-electron chi connectivity index (χ0n) is 16.7. The second-order valence-electron chi connectivity index (χ2n) is 7.76. The highest BCUT2D eigenvalue weighted by atomic mass is 32.2. The first-order chi connectivity index (χ1) is 14.2. The Morgan fingerprint density at radius 3 is 2.72 bits per heavy atom. The molecule has 29 heavy (non-hydrogen) atoms. The van der Waals surface area contributed by atoms with Crippen LogP contribution in [-0.4, -0.2) is 79.8 Å². The Bertz CT molecular complexity index is 732. The number of rotatable bonds is 6. The van der Waals surface area contributed by atoms with E-state index in [1.54, 1.807) is 4.90 Å². The number of carbonyl (C=O) groups excluding carboxylic acids is 2. The van der Waals surface area contributed by atoms with Gasteiger partial charge in [-0.3, -0.25) is 14.5 Å². The van der Waals surface area contributed by atoms with Crippen LogP contribution >= 0.6 is 11.8 Å². The van der Waals surface area contributed by atoms with Crippen molar-refractivity contribution in [1.29, 1.82) is 0 Å². The summed E-state index contributed by atoms with van der Waals surface area (Å²) in [6.07, 6.45) is 1.51. The van der Waals surface area contributed by atoms with E-state index in [0.717, 1.165) is 55.7 Å². The first-order valence-corrected chi connectivity index (χ1v) is 11.5. The van der Waals surface area contributed by atoms with Crippen molar-refractivity contribution in [3.63, 3.8) is 0 Å². The van der Waals surface area contributed by atoms with Crippen LogP contribution in [0, 0.1) is 0 Å². The van der Waals surface area contributed by atoms with Crippen LogP contribution in [0.3, 0.4) is 0 Å². The van der Waals surface area contributed by atoms with Gasteiger partial charge in [0.1, 0.15) is 12.4 Å². The van der Waals surface area contributed by atoms with E-state index in [4.69, 9.17) is 9.47 Å². The lowest BCUT2D eigenvalue weighted by molar-refractivity contribution is -0.125. The van der Waals surface area contributed by atoms with Crippen LogP contribution < -0.4 is 15.0 Å². The van der Waals surface area contributed by atoms with Gasteiger partial charge in [0.15, 0.2) is 0 Å². The second kappa shape index (κ2) is 9.36. The van der Waals surface area contributed by atoms with Crippen molar-refractivity contribution in [3.05, 3.63) is 24.3 Å². The Balaban J connectivity index is 1.28. The number of anilines is 1. The van der Waals surface area contributed by atoms with E-state index in [0.29, 0.717) is 19.7 Å². The van der Waals surface area contributed by atoms with E-state index in [1.165, 1.54) is 0 Å². The fourth-order valence-electron chi connectivity index (χ4n) is 4.27. The zero-order chi connectivity index (χ0) is 20.1. The highest BCUT2D eigenvalue weighted by molar-refractivity contribution is 7.99. The summed E-state index contributed by atoms with van der Waals surface area (Å²) in [5.74, 6) is 2.81. The SMILES string of the molecule is O=C(CCC(=O)N1CCOc2ccccc21)NCC1(N2CCOCC2)CCSC1. The van der Waals surface area contributed by atoms with Crippen LogP contribution in [0.5, 0.6) is 5.75 Å². The molecular weight excluding hydrogens is 390 g/mol. The number of hydrogen-bond acceptors (Lipinski definition) is 6. The summed E-state index contributed by atoms with van der Waals surface area (Å²) in [5.41, 5.74) is 0.815. The zero-order valence-corrected chi connectivity index (χ0v) is 17.5. The highest BCUT2D eigenvalue weighted by Gasteiger charge is 2.40. The molecule has 0 spiro atoms. The minimum absolute atomic E-state index is 0.0251. The van der Waals surface area contributed by atoms with Crippen molar-refractivity contribution in [2.75, 3.05) is 62.4 Å². The molecule has 1 aromatic carbocycles. The van der Waals surface area contributed by atoms with Crippen LogP contribution in [0.15, 0.2) is 24.3 Å². The topological polar surface area (TPSA) is 71.1 Å². The van der Waals surface area contributed by atoms with Crippen molar-refractivity contribution >= 4 is 29.3 Å². The molecule has 1 atom stereocenters. The van der Waals surface area contributed by atoms with Gasteiger partial charge in [-0.1, -0.05) is 12.1 Å². The third-order valence-electron chi connectivity index (χ3n) is 5.97. The third kappa shape index (κ3) is 4.70. The summed E-state index contributed by atoms with van der Waals surface area (Å²) in [6, 6.07) is 7.54. The van der Waals surface area contributed by atoms with E-state index < -0.39 is 0 Å². The van der Waals surface area contributed by atoms with Crippen LogP contribution in [0.1, 0.15) is 19.3 Å². The average Bonchev–Trinajstić information content (AvgIpc) is 3.26. The molecule has 0 radical (unpaired) electrons. The highest BCUT2D eigenvalue weighted by Crippen LogP contribution is 2.34. The predicted molar refractivity (Wildman–Crippen MR) is 114 cm³/mol. The van der Waals surface area contributed by atoms with Crippen LogP contribution in [0.25, 0.3) is 0 Å². The van der Waals surface area contributed by atoms with Gasteiger partial charge in [0.25, 0.3) is 0 Å². The van der Waals surface area contributed by atoms with E-state index in [1.807, 2.05) is 36.0 Å². The number of nitrogens with zero attached hydrogens (tertiary/aromatic N) is 2. The number of fused-ring (bicyclic) bond motifs is 1. The minimum atomic E-state index is -0.0515. The van der Waals surface area contributed by atoms with Gasteiger partial charge in [-0.05, 0) is 24.3 Å². The average molecular weight is 420 g/mol. The monoisotopic (exact) mass is 419 g/mol. The summed E-state index contributed by atoms with van der Waals surface area (Å²) < 4.78 is 11.1. The molecule has 3 heterocycles. The molecule has 3 aliphatic rings. The van der Waals surface area contributed by atoms with Crippen LogP contribution in [0.4, 0.5) is 5.69 Å². The first kappa shape index (κ1) is 20.5. The summed E-state index contributed by atoms with van der Waals surface area (Å²) in [4.78, 5) is 29.4. The predicted octanol–water partition coefficient (Wildman–Crippen LogP) is 1.52. The standard InChI is InChI=1S/C21H29N3O4S/c25-19(22-15-21(7-14-29-16-21)23-8-11-27-12-9-23)5-6-20(26)24-10-13-28-18-4-2-1-3-17(18)24/h1-4H,5-16H2,(H,22,25). The molecule has 7 nitrogen and oxygen atoms in total. The van der Waals surface area contributed by atoms with E-state index in [2.05, 4.69) is 10.2 Å². The van der Waals surface area contributed by atoms with Gasteiger partial charge < -0.3 is 19.7 Å². The number of amides is 2. The second-order valence-corrected chi connectivity index (χ2v) is 8.87. The Hall–Kier alpha value is -1.77. The molecular formula is C21H29N3O4S. The van der Waals surface area contributed by atoms with Gasteiger partial charge in [0.2, 0.25) is 11.8 Å². The fraction of sp³-hybridized carbons (Fsp3) is 0.619. The van der Waals surface area contributed by atoms with Gasteiger partial charge in [-0.25, -0.2) is 0 Å². The summed E-state index contributed by atoms with van der Waals surface area (Å²) in [5, 5.41) is 3.11. The van der Waals surface area contributed by atoms with E-state index in [9.17, 15) is 9.59 Å². The molecule has 0 saturated carbocycles. The number of benzene rings is 1. The normalized spacial score (nSPS) is 24.6. The van der Waals surface area contributed by atoms with Gasteiger partial charge in [0.05, 0.1) is 25.4 Å². The largest absolute Gasteiger partial charge is 0.490 e. The van der Waals surface area contributed by atoms with Crippen molar-refractivity contribution < 1.29 is 19.1 Å². The number of morpholine rings is 1. The van der Waals surface area contributed by atoms with Gasteiger partial charge >= 0.3 is 0 Å². The quantitative estimate of drug-likeness (QED) is 0.754. The number of ether oxygens (including phenoxy) is 2. The molecule has 8 heteroatoms. The van der Waals surface area contributed by atoms with Crippen molar-refractivity contribution in [2.45, 2.75) is 24.8 Å². The Kier molecular flexibility index (Phi) is 6.62. The van der Waals surface area contributed by atoms with Crippen molar-refractivity contribution in [1.82, 2.24) is 10.2 Å². The van der Waals surface area contributed by atoms with Gasteiger partial charge in [0, 0.05) is 43.8 Å². The summed E-state index contributed by atoms with van der Waals surface area (Å²) >= 11 is 1.95. The van der Waals surface area contributed by atoms with Gasteiger partial charge in [-0.15, -0.1) is 0 Å². The Labute approximate surface area is 176 Å². The molecule has 1 unspecified atom stereocenters. The molecule has 2 saturated heterocycles. The molecule has 3 aliphatic heterocycles. The molecule has 0 aromatic heterocycles. The van der Waals surface area contributed by atoms with Crippen LogP contribution in [-0.2, 0) is 14.3 Å². The van der Waals surface area contributed by atoms with E-state index >= 15 is 0 Å². The summed E-state index contributed by atoms with van der Waals surface area (Å²) in [7, 11) is 0. The molecule has 1 aromatic rings. The molecule has 1 N–H and O–H groups in total. The Morgan fingerprint density at radius 1 is 1.10 bits per heavy atom. The smallest absolute Gasteiger partial charge is 0.227 e. The van der Waals surface area contributed by atoms with Crippen molar-refractivity contribution in [3.8, 4) is 5.75 Å². The third-order valence-corrected chi connectivity index (χ3v) is 7.21. The first-order valence-electron chi connectivity index (χ1n) is 10.4. The maximum absolute atomic E-state index is 12.7. The Morgan fingerprint density at radius 2 is 1.93 bits per heavy atom. The van der Waals surface area contributed by atoms with Gasteiger partial charge in [-0.2, -0.15) is 11.8 Å². The molecule has 0 aliphatic carbocycles.